The first-order valence-electron chi connectivity index (χ1n) is 7.26. The monoisotopic (exact) mass is 280 g/mol. The fourth-order valence-electron chi connectivity index (χ4n) is 2.94. The Labute approximate surface area is 117 Å². The van der Waals surface area contributed by atoms with Crippen LogP contribution in [0.25, 0.3) is 0 Å². The molecule has 1 aliphatic heterocycles. The van der Waals surface area contributed by atoms with Gasteiger partial charge in [0.1, 0.15) is 0 Å². The number of carboxylic acids is 1. The van der Waals surface area contributed by atoms with E-state index in [1.54, 1.807) is 4.68 Å². The summed E-state index contributed by atoms with van der Waals surface area (Å²) >= 11 is 0. The number of rotatable bonds is 5. The second-order valence-electron chi connectivity index (χ2n) is 5.95. The average Bonchev–Trinajstić information content (AvgIpc) is 2.82. The van der Waals surface area contributed by atoms with Crippen LogP contribution < -0.4 is 0 Å². The third-order valence-corrected chi connectivity index (χ3v) is 4.66. The summed E-state index contributed by atoms with van der Waals surface area (Å²) in [5, 5.41) is 21.4. The second-order valence-corrected chi connectivity index (χ2v) is 5.95. The van der Waals surface area contributed by atoms with Gasteiger partial charge >= 0.3 is 5.97 Å². The SMILES string of the molecule is O=C(O)C1(Cn2nnnc2CC2CCC2)CCOCC1. The molecule has 2 heterocycles. The van der Waals surface area contributed by atoms with Gasteiger partial charge in [-0.3, -0.25) is 4.79 Å². The number of carboxylic acid groups (broad SMARTS) is 1. The van der Waals surface area contributed by atoms with E-state index < -0.39 is 11.4 Å². The van der Waals surface area contributed by atoms with Crippen molar-refractivity contribution in [1.29, 1.82) is 0 Å². The fourth-order valence-corrected chi connectivity index (χ4v) is 2.94. The van der Waals surface area contributed by atoms with Gasteiger partial charge in [-0.15, -0.1) is 5.10 Å². The summed E-state index contributed by atoms with van der Waals surface area (Å²) in [7, 11) is 0. The fraction of sp³-hybridized carbons (Fsp3) is 0.846. The normalized spacial score (nSPS) is 22.4. The summed E-state index contributed by atoms with van der Waals surface area (Å²) in [6.07, 6.45) is 5.63. The molecule has 1 aromatic rings. The minimum absolute atomic E-state index is 0.348. The molecule has 0 amide bonds. The van der Waals surface area contributed by atoms with Gasteiger partial charge in [-0.1, -0.05) is 19.3 Å². The van der Waals surface area contributed by atoms with E-state index in [2.05, 4.69) is 15.5 Å². The van der Waals surface area contributed by atoms with Gasteiger partial charge in [0.2, 0.25) is 0 Å². The van der Waals surface area contributed by atoms with E-state index in [1.807, 2.05) is 0 Å². The molecule has 0 bridgehead atoms. The van der Waals surface area contributed by atoms with E-state index in [1.165, 1.54) is 19.3 Å². The lowest BCUT2D eigenvalue weighted by molar-refractivity contribution is -0.156. The minimum atomic E-state index is -0.790. The summed E-state index contributed by atoms with van der Waals surface area (Å²) in [6, 6.07) is 0. The number of tetrazole rings is 1. The van der Waals surface area contributed by atoms with Crippen LogP contribution in [0.5, 0.6) is 0 Å². The van der Waals surface area contributed by atoms with Crippen molar-refractivity contribution in [2.24, 2.45) is 11.3 Å². The molecule has 1 N–H and O–H groups in total. The van der Waals surface area contributed by atoms with Gasteiger partial charge in [-0.25, -0.2) is 4.68 Å². The molecule has 2 fully saturated rings. The smallest absolute Gasteiger partial charge is 0.311 e. The molecule has 7 heteroatoms. The number of hydrogen-bond donors (Lipinski definition) is 1. The number of nitrogens with zero attached hydrogens (tertiary/aromatic N) is 4. The highest BCUT2D eigenvalue weighted by Crippen LogP contribution is 2.34. The van der Waals surface area contributed by atoms with Gasteiger partial charge in [0.05, 0.1) is 12.0 Å². The van der Waals surface area contributed by atoms with Gasteiger partial charge in [-0.2, -0.15) is 0 Å². The Kier molecular flexibility index (Phi) is 3.69. The standard InChI is InChI=1S/C13H20N4O3/c18-12(19)13(4-6-20-7-5-13)9-17-11(14-15-16-17)8-10-2-1-3-10/h10H,1-9H2,(H,18,19). The Bertz CT molecular complexity index is 478. The van der Waals surface area contributed by atoms with Crippen molar-refractivity contribution in [3.8, 4) is 0 Å². The van der Waals surface area contributed by atoms with Crippen molar-refractivity contribution in [2.75, 3.05) is 13.2 Å². The van der Waals surface area contributed by atoms with E-state index in [-0.39, 0.29) is 0 Å². The molecule has 1 saturated heterocycles. The molecule has 2 aliphatic rings. The highest BCUT2D eigenvalue weighted by Gasteiger charge is 2.41. The topological polar surface area (TPSA) is 90.1 Å². The van der Waals surface area contributed by atoms with Crippen molar-refractivity contribution in [3.05, 3.63) is 5.82 Å². The average molecular weight is 280 g/mol. The Morgan fingerprint density at radius 1 is 1.40 bits per heavy atom. The summed E-state index contributed by atoms with van der Waals surface area (Å²) in [4.78, 5) is 11.7. The molecule has 1 saturated carbocycles. The third-order valence-electron chi connectivity index (χ3n) is 4.66. The maximum Gasteiger partial charge on any atom is 0.311 e. The van der Waals surface area contributed by atoms with Crippen LogP contribution in [0.3, 0.4) is 0 Å². The zero-order valence-electron chi connectivity index (χ0n) is 11.5. The molecule has 3 rings (SSSR count). The lowest BCUT2D eigenvalue weighted by atomic mass is 9.80. The summed E-state index contributed by atoms with van der Waals surface area (Å²) < 4.78 is 6.98. The Balaban J connectivity index is 1.74. The molecule has 0 aromatic carbocycles. The summed E-state index contributed by atoms with van der Waals surface area (Å²) in [5.41, 5.74) is -0.790. The molecule has 0 spiro atoms. The van der Waals surface area contributed by atoms with E-state index in [0.717, 1.165) is 12.2 Å². The molecule has 20 heavy (non-hydrogen) atoms. The summed E-state index contributed by atoms with van der Waals surface area (Å²) in [5.74, 6) is 0.711. The van der Waals surface area contributed by atoms with Crippen LogP contribution in [0, 0.1) is 11.3 Å². The van der Waals surface area contributed by atoms with E-state index in [0.29, 0.717) is 38.5 Å². The van der Waals surface area contributed by atoms with Gasteiger partial charge in [-0.05, 0) is 29.2 Å². The van der Waals surface area contributed by atoms with Crippen molar-refractivity contribution in [3.63, 3.8) is 0 Å². The number of ether oxygens (including phenoxy) is 1. The van der Waals surface area contributed by atoms with Crippen LogP contribution >= 0.6 is 0 Å². The number of aromatic nitrogens is 4. The van der Waals surface area contributed by atoms with Gasteiger partial charge in [0.25, 0.3) is 0 Å². The lowest BCUT2D eigenvalue weighted by Gasteiger charge is -2.33. The number of aliphatic carboxylic acids is 1. The maximum atomic E-state index is 11.7. The van der Waals surface area contributed by atoms with Crippen LogP contribution in [0.4, 0.5) is 0 Å². The minimum Gasteiger partial charge on any atom is -0.481 e. The third kappa shape index (κ3) is 2.54. The zero-order chi connectivity index (χ0) is 14.0. The molecular weight excluding hydrogens is 260 g/mol. The van der Waals surface area contributed by atoms with Crippen LogP contribution in [0.1, 0.15) is 37.9 Å². The quantitative estimate of drug-likeness (QED) is 0.861. The van der Waals surface area contributed by atoms with Crippen LogP contribution in [-0.4, -0.2) is 44.5 Å². The maximum absolute atomic E-state index is 11.7. The highest BCUT2D eigenvalue weighted by molar-refractivity contribution is 5.74. The molecule has 110 valence electrons. The highest BCUT2D eigenvalue weighted by atomic mass is 16.5. The van der Waals surface area contributed by atoms with Crippen LogP contribution in [0.15, 0.2) is 0 Å². The molecular formula is C13H20N4O3. The first kappa shape index (κ1) is 13.5. The Morgan fingerprint density at radius 2 is 2.15 bits per heavy atom. The van der Waals surface area contributed by atoms with Crippen LogP contribution in [0.2, 0.25) is 0 Å². The van der Waals surface area contributed by atoms with Crippen molar-refractivity contribution >= 4 is 5.97 Å². The van der Waals surface area contributed by atoms with Crippen molar-refractivity contribution in [1.82, 2.24) is 20.2 Å². The molecule has 0 unspecified atom stereocenters. The van der Waals surface area contributed by atoms with Gasteiger partial charge in [0.15, 0.2) is 5.82 Å². The second kappa shape index (κ2) is 5.47. The lowest BCUT2D eigenvalue weighted by Crippen LogP contribution is -2.41. The van der Waals surface area contributed by atoms with Crippen LogP contribution in [-0.2, 0) is 22.5 Å². The largest absolute Gasteiger partial charge is 0.481 e. The Morgan fingerprint density at radius 3 is 2.75 bits per heavy atom. The first-order chi connectivity index (χ1) is 9.70. The molecule has 1 aliphatic carbocycles. The molecule has 1 aromatic heterocycles. The van der Waals surface area contributed by atoms with Gasteiger partial charge in [0, 0.05) is 19.6 Å². The van der Waals surface area contributed by atoms with E-state index >= 15 is 0 Å². The predicted octanol–water partition coefficient (Wildman–Crippen LogP) is 0.897. The Hall–Kier alpha value is -1.50. The summed E-state index contributed by atoms with van der Waals surface area (Å²) in [6.45, 7) is 1.33. The first-order valence-corrected chi connectivity index (χ1v) is 7.26. The van der Waals surface area contributed by atoms with E-state index in [9.17, 15) is 9.90 Å². The van der Waals surface area contributed by atoms with E-state index in [4.69, 9.17) is 4.74 Å². The number of hydrogen-bond acceptors (Lipinski definition) is 5. The van der Waals surface area contributed by atoms with Crippen molar-refractivity contribution in [2.45, 2.75) is 45.1 Å². The predicted molar refractivity (Wildman–Crippen MR) is 69.0 cm³/mol. The number of carbonyl (C=O) groups is 1. The molecule has 0 atom stereocenters. The van der Waals surface area contributed by atoms with Crippen molar-refractivity contribution < 1.29 is 14.6 Å². The zero-order valence-corrected chi connectivity index (χ0v) is 11.5. The molecule has 0 radical (unpaired) electrons. The molecule has 7 nitrogen and oxygen atoms in total. The van der Waals surface area contributed by atoms with Gasteiger partial charge < -0.3 is 9.84 Å².